The maximum Gasteiger partial charge on any atom is 0.311 e. The first-order chi connectivity index (χ1) is 13.7. The third kappa shape index (κ3) is 7.77. The van der Waals surface area contributed by atoms with Gasteiger partial charge >= 0.3 is 16.1 Å². The van der Waals surface area contributed by atoms with Gasteiger partial charge in [0.2, 0.25) is 0 Å². The number of hydrogen-bond acceptors (Lipinski definition) is 6. The fourth-order valence-electron chi connectivity index (χ4n) is 2.70. The van der Waals surface area contributed by atoms with Crippen molar-refractivity contribution in [3.63, 3.8) is 0 Å². The minimum absolute atomic E-state index is 0.0815. The van der Waals surface area contributed by atoms with Gasteiger partial charge in [-0.15, -0.1) is 0 Å². The fraction of sp³-hybridized carbons (Fsp3) is 0.409. The highest BCUT2D eigenvalue weighted by Crippen LogP contribution is 2.26. The Kier molecular flexibility index (Phi) is 8.08. The lowest BCUT2D eigenvalue weighted by Gasteiger charge is -2.16. The zero-order valence-corrected chi connectivity index (χ0v) is 18.1. The molecular weight excluding hydrogens is 392 g/mol. The Labute approximate surface area is 172 Å². The lowest BCUT2D eigenvalue weighted by atomic mass is 9.99. The van der Waals surface area contributed by atoms with E-state index in [1.165, 1.54) is 6.07 Å². The molecule has 0 heterocycles. The Balaban J connectivity index is 1.97. The number of rotatable bonds is 10. The Bertz CT molecular complexity index is 936. The molecule has 1 unspecified atom stereocenters. The van der Waals surface area contributed by atoms with Crippen LogP contribution in [-0.2, 0) is 14.9 Å². The summed E-state index contributed by atoms with van der Waals surface area (Å²) in [5.41, 5.74) is 1.95. The third-order valence-electron chi connectivity index (χ3n) is 4.28. The molecule has 0 radical (unpaired) electrons. The monoisotopic (exact) mass is 420 g/mol. The first-order valence-corrected chi connectivity index (χ1v) is 11.4. The first kappa shape index (κ1) is 22.7. The highest BCUT2D eigenvalue weighted by Gasteiger charge is 2.12. The van der Waals surface area contributed by atoms with Gasteiger partial charge in [-0.3, -0.25) is 4.79 Å². The van der Waals surface area contributed by atoms with E-state index in [9.17, 15) is 13.2 Å². The van der Waals surface area contributed by atoms with Crippen molar-refractivity contribution in [3.05, 3.63) is 53.6 Å². The molecule has 0 spiro atoms. The minimum Gasteiger partial charge on any atom is -0.493 e. The van der Waals surface area contributed by atoms with Crippen LogP contribution in [0, 0.1) is 6.92 Å². The second-order valence-corrected chi connectivity index (χ2v) is 8.65. The summed E-state index contributed by atoms with van der Waals surface area (Å²) in [5, 5.41) is 0. The summed E-state index contributed by atoms with van der Waals surface area (Å²) in [7, 11) is -3.58. The summed E-state index contributed by atoms with van der Waals surface area (Å²) < 4.78 is 38.6. The van der Waals surface area contributed by atoms with E-state index < -0.39 is 10.1 Å². The van der Waals surface area contributed by atoms with Crippen LogP contribution in [0.1, 0.15) is 50.2 Å². The van der Waals surface area contributed by atoms with Crippen molar-refractivity contribution in [3.8, 4) is 17.2 Å². The molecule has 158 valence electrons. The summed E-state index contributed by atoms with van der Waals surface area (Å²) in [5.74, 6) is 1.18. The molecule has 0 aromatic heterocycles. The molecular formula is C22H28O6S. The fourth-order valence-corrected chi connectivity index (χ4v) is 3.15. The van der Waals surface area contributed by atoms with E-state index in [1.807, 2.05) is 39.0 Å². The minimum atomic E-state index is -3.58. The average molecular weight is 421 g/mol. The highest BCUT2D eigenvalue weighted by atomic mass is 32.2. The summed E-state index contributed by atoms with van der Waals surface area (Å²) in [6.45, 7) is 6.37. The quantitative estimate of drug-likeness (QED) is 0.317. The summed E-state index contributed by atoms with van der Waals surface area (Å²) in [4.78, 5) is 11.8. The Morgan fingerprint density at radius 2 is 1.83 bits per heavy atom. The average Bonchev–Trinajstić information content (AvgIpc) is 2.65. The lowest BCUT2D eigenvalue weighted by Crippen LogP contribution is -2.10. The number of esters is 1. The molecule has 0 N–H and O–H groups in total. The molecule has 0 saturated carbocycles. The van der Waals surface area contributed by atoms with Crippen LogP contribution in [0.3, 0.4) is 0 Å². The van der Waals surface area contributed by atoms with E-state index in [0.717, 1.165) is 30.2 Å². The normalized spacial score (nSPS) is 12.3. The number of carbonyl (C=O) groups excluding carboxylic acids is 1. The van der Waals surface area contributed by atoms with Crippen LogP contribution in [0.5, 0.6) is 17.2 Å². The zero-order valence-electron chi connectivity index (χ0n) is 17.3. The second kappa shape index (κ2) is 10.3. The van der Waals surface area contributed by atoms with Crippen LogP contribution in [0.15, 0.2) is 42.5 Å². The Hall–Kier alpha value is -2.54. The van der Waals surface area contributed by atoms with Gasteiger partial charge in [0, 0.05) is 18.4 Å². The molecule has 0 aliphatic rings. The number of unbranched alkanes of at least 4 members (excludes halogenated alkanes) is 1. The van der Waals surface area contributed by atoms with Gasteiger partial charge in [0.1, 0.15) is 17.2 Å². The van der Waals surface area contributed by atoms with Gasteiger partial charge in [-0.1, -0.05) is 38.5 Å². The van der Waals surface area contributed by atoms with Crippen LogP contribution < -0.4 is 13.7 Å². The predicted octanol–water partition coefficient (Wildman–Crippen LogP) is 4.61. The third-order valence-corrected chi connectivity index (χ3v) is 4.77. The molecule has 7 heteroatoms. The predicted molar refractivity (Wildman–Crippen MR) is 112 cm³/mol. The van der Waals surface area contributed by atoms with Crippen molar-refractivity contribution >= 4 is 16.1 Å². The molecule has 0 aliphatic heterocycles. The number of hydrogen-bond donors (Lipinski definition) is 0. The second-order valence-electron chi connectivity index (χ2n) is 7.08. The number of benzene rings is 2. The molecule has 29 heavy (non-hydrogen) atoms. The van der Waals surface area contributed by atoms with Gasteiger partial charge in [0.15, 0.2) is 0 Å². The number of aryl methyl sites for hydroxylation is 1. The molecule has 1 atom stereocenters. The molecule has 0 bridgehead atoms. The Morgan fingerprint density at radius 1 is 1.10 bits per heavy atom. The van der Waals surface area contributed by atoms with Crippen molar-refractivity contribution in [2.75, 3.05) is 12.9 Å². The Morgan fingerprint density at radius 3 is 2.48 bits per heavy atom. The van der Waals surface area contributed by atoms with E-state index in [0.29, 0.717) is 24.5 Å². The zero-order chi connectivity index (χ0) is 21.4. The summed E-state index contributed by atoms with van der Waals surface area (Å²) >= 11 is 0. The van der Waals surface area contributed by atoms with E-state index >= 15 is 0 Å². The molecule has 2 rings (SSSR count). The van der Waals surface area contributed by atoms with Gasteiger partial charge in [0.25, 0.3) is 0 Å². The highest BCUT2D eigenvalue weighted by molar-refractivity contribution is 7.86. The smallest absolute Gasteiger partial charge is 0.311 e. The van der Waals surface area contributed by atoms with Crippen molar-refractivity contribution < 1.29 is 26.9 Å². The molecule has 2 aromatic carbocycles. The molecule has 0 fully saturated rings. The van der Waals surface area contributed by atoms with Crippen molar-refractivity contribution in [2.24, 2.45) is 0 Å². The van der Waals surface area contributed by atoms with Crippen LogP contribution in [0.2, 0.25) is 0 Å². The SMILES string of the molecule is CCCCC(=O)Oc1ccc(C(C)COc2cccc(OS(C)(=O)=O)c2)cc1C. The molecule has 2 aromatic rings. The molecule has 0 aliphatic carbocycles. The maximum atomic E-state index is 11.8. The van der Waals surface area contributed by atoms with Crippen molar-refractivity contribution in [1.82, 2.24) is 0 Å². The lowest BCUT2D eigenvalue weighted by molar-refractivity contribution is -0.134. The summed E-state index contributed by atoms with van der Waals surface area (Å²) in [6.07, 6.45) is 3.19. The number of carbonyl (C=O) groups is 1. The van der Waals surface area contributed by atoms with Gasteiger partial charge in [-0.05, 0) is 42.7 Å². The molecule has 6 nitrogen and oxygen atoms in total. The first-order valence-electron chi connectivity index (χ1n) is 9.61. The van der Waals surface area contributed by atoms with Crippen LogP contribution >= 0.6 is 0 Å². The van der Waals surface area contributed by atoms with E-state index in [-0.39, 0.29) is 17.6 Å². The largest absolute Gasteiger partial charge is 0.493 e. The van der Waals surface area contributed by atoms with E-state index in [1.54, 1.807) is 18.2 Å². The molecule has 0 amide bonds. The van der Waals surface area contributed by atoms with Crippen LogP contribution in [0.4, 0.5) is 0 Å². The van der Waals surface area contributed by atoms with Gasteiger partial charge in [0.05, 0.1) is 12.9 Å². The molecule has 0 saturated heterocycles. The van der Waals surface area contributed by atoms with E-state index in [2.05, 4.69) is 0 Å². The van der Waals surface area contributed by atoms with Crippen molar-refractivity contribution in [2.45, 2.75) is 46.0 Å². The standard InChI is InChI=1S/C22H28O6S/c1-5-6-10-22(23)27-21-12-11-18(13-16(21)2)17(3)15-26-19-8-7-9-20(14-19)28-29(4,24)25/h7-9,11-14,17H,5-6,10,15H2,1-4H3. The van der Waals surface area contributed by atoms with Crippen LogP contribution in [-0.4, -0.2) is 27.2 Å². The maximum absolute atomic E-state index is 11.8. The van der Waals surface area contributed by atoms with Crippen LogP contribution in [0.25, 0.3) is 0 Å². The van der Waals surface area contributed by atoms with Gasteiger partial charge < -0.3 is 13.7 Å². The van der Waals surface area contributed by atoms with Crippen molar-refractivity contribution in [1.29, 1.82) is 0 Å². The summed E-state index contributed by atoms with van der Waals surface area (Å²) in [6, 6.07) is 12.2. The van der Waals surface area contributed by atoms with E-state index in [4.69, 9.17) is 13.7 Å². The van der Waals surface area contributed by atoms with Gasteiger partial charge in [-0.25, -0.2) is 0 Å². The topological polar surface area (TPSA) is 78.9 Å². The number of ether oxygens (including phenoxy) is 2. The van der Waals surface area contributed by atoms with Gasteiger partial charge in [-0.2, -0.15) is 8.42 Å².